The molecule has 0 aromatic carbocycles. The van der Waals surface area contributed by atoms with Gasteiger partial charge in [-0.15, -0.1) is 0 Å². The molecule has 17 atom stereocenters. The van der Waals surface area contributed by atoms with Crippen LogP contribution in [-0.2, 0) is 33.2 Å². The minimum Gasteiger partial charge on any atom is -0.394 e. The molecule has 12 N–H and O–H groups in total. The van der Waals surface area contributed by atoms with Crippen LogP contribution in [0.5, 0.6) is 0 Å². The molecule has 3 rings (SSSR count). The summed E-state index contributed by atoms with van der Waals surface area (Å²) in [6.07, 6.45) is 56.1. The molecule has 0 radical (unpaired) electrons. The van der Waals surface area contributed by atoms with E-state index in [-0.39, 0.29) is 18.9 Å². The maximum atomic E-state index is 13.5. The van der Waals surface area contributed by atoms with Gasteiger partial charge in [0.25, 0.3) is 0 Å². The molecular weight excluding hydrogens is 1330 g/mol. The van der Waals surface area contributed by atoms with Crippen molar-refractivity contribution in [2.75, 3.05) is 26.4 Å². The van der Waals surface area contributed by atoms with E-state index in [1.54, 1.807) is 6.08 Å². The lowest BCUT2D eigenvalue weighted by Gasteiger charge is -2.48. The van der Waals surface area contributed by atoms with Crippen LogP contribution in [0.4, 0.5) is 0 Å². The van der Waals surface area contributed by atoms with Crippen LogP contribution in [0.25, 0.3) is 0 Å². The van der Waals surface area contributed by atoms with Crippen LogP contribution >= 0.6 is 0 Å². The van der Waals surface area contributed by atoms with Crippen molar-refractivity contribution in [1.82, 2.24) is 5.32 Å². The van der Waals surface area contributed by atoms with E-state index in [0.29, 0.717) is 6.42 Å². The van der Waals surface area contributed by atoms with Crippen molar-refractivity contribution in [2.24, 2.45) is 0 Å². The number of carbonyl (C=O) groups is 1. The van der Waals surface area contributed by atoms with E-state index in [9.17, 15) is 61.0 Å². The Labute approximate surface area is 638 Å². The first-order valence-electron chi connectivity index (χ1n) is 44.1. The largest absolute Gasteiger partial charge is 0.394 e. The van der Waals surface area contributed by atoms with Gasteiger partial charge in [0, 0.05) is 6.42 Å². The number of hydrogen-bond acceptors (Lipinski definition) is 18. The van der Waals surface area contributed by atoms with Gasteiger partial charge in [-0.1, -0.05) is 359 Å². The monoisotopic (exact) mass is 1500 g/mol. The van der Waals surface area contributed by atoms with E-state index in [1.807, 2.05) is 6.08 Å². The van der Waals surface area contributed by atoms with E-state index in [4.69, 9.17) is 28.4 Å². The summed E-state index contributed by atoms with van der Waals surface area (Å²) >= 11 is 0. The Morgan fingerprint density at radius 1 is 0.333 bits per heavy atom. The van der Waals surface area contributed by atoms with E-state index < -0.39 is 124 Å². The van der Waals surface area contributed by atoms with Crippen LogP contribution in [0.3, 0.4) is 0 Å². The number of amides is 1. The van der Waals surface area contributed by atoms with Crippen LogP contribution in [0, 0.1) is 0 Å². The lowest BCUT2D eigenvalue weighted by molar-refractivity contribution is -0.379. The molecule has 3 fully saturated rings. The quantitative estimate of drug-likeness (QED) is 0.0199. The van der Waals surface area contributed by atoms with Crippen molar-refractivity contribution in [1.29, 1.82) is 0 Å². The molecule has 0 saturated carbocycles. The van der Waals surface area contributed by atoms with Gasteiger partial charge in [0.15, 0.2) is 18.9 Å². The van der Waals surface area contributed by atoms with E-state index in [1.165, 1.54) is 315 Å². The maximum Gasteiger partial charge on any atom is 0.220 e. The second kappa shape index (κ2) is 66.8. The van der Waals surface area contributed by atoms with E-state index in [0.717, 1.165) is 44.9 Å². The van der Waals surface area contributed by atoms with Gasteiger partial charge >= 0.3 is 0 Å². The SMILES string of the molecule is CCCCCCCCCC/C=C\CCCCCCCCCCCCCCCCCCCCCC(=O)NC(COC1OC(CO)C(OC2OC(CO)C(OC3OC(CO)C(O)C(O)C3O)C(O)C2O)C(O)C1O)C(O)/C=C/CCCCCCCCCCCCCCCCCCCCCCCCCCCCC. The van der Waals surface area contributed by atoms with Crippen molar-refractivity contribution in [3.05, 3.63) is 24.3 Å². The number of rotatable bonds is 72. The van der Waals surface area contributed by atoms with Crippen molar-refractivity contribution in [3.63, 3.8) is 0 Å². The molecule has 19 nitrogen and oxygen atoms in total. The van der Waals surface area contributed by atoms with Gasteiger partial charge in [0.1, 0.15) is 73.2 Å². The molecule has 105 heavy (non-hydrogen) atoms. The molecular formula is C86H163NO18. The number of hydrogen-bond donors (Lipinski definition) is 12. The smallest absolute Gasteiger partial charge is 0.220 e. The van der Waals surface area contributed by atoms with Gasteiger partial charge < -0.3 is 89.9 Å². The minimum atomic E-state index is -1.98. The predicted octanol–water partition coefficient (Wildman–Crippen LogP) is 16.1. The normalized spacial score (nSPS) is 25.8. The summed E-state index contributed by atoms with van der Waals surface area (Å²) in [7, 11) is 0. The minimum absolute atomic E-state index is 0.249. The summed E-state index contributed by atoms with van der Waals surface area (Å²) in [5.74, 6) is -0.267. The first kappa shape index (κ1) is 97.5. The number of allylic oxidation sites excluding steroid dienone is 3. The van der Waals surface area contributed by atoms with E-state index >= 15 is 0 Å². The van der Waals surface area contributed by atoms with Crippen molar-refractivity contribution in [3.8, 4) is 0 Å². The molecule has 17 unspecified atom stereocenters. The number of nitrogens with one attached hydrogen (secondary N) is 1. The van der Waals surface area contributed by atoms with Crippen molar-refractivity contribution in [2.45, 2.75) is 491 Å². The first-order valence-corrected chi connectivity index (χ1v) is 44.1. The van der Waals surface area contributed by atoms with E-state index in [2.05, 4.69) is 31.3 Å². The Morgan fingerprint density at radius 2 is 0.600 bits per heavy atom. The Morgan fingerprint density at radius 3 is 0.924 bits per heavy atom. The Kier molecular flexibility index (Phi) is 62.0. The zero-order valence-corrected chi connectivity index (χ0v) is 66.7. The third-order valence-corrected chi connectivity index (χ3v) is 22.2. The molecule has 0 aromatic rings. The lowest BCUT2D eigenvalue weighted by Crippen LogP contribution is -2.66. The van der Waals surface area contributed by atoms with Crippen LogP contribution in [0.15, 0.2) is 24.3 Å². The molecule has 0 aliphatic carbocycles. The third-order valence-electron chi connectivity index (χ3n) is 22.2. The van der Waals surface area contributed by atoms with Gasteiger partial charge in [-0.3, -0.25) is 4.79 Å². The zero-order chi connectivity index (χ0) is 76.0. The summed E-state index contributed by atoms with van der Waals surface area (Å²) in [6.45, 7) is 1.81. The maximum absolute atomic E-state index is 13.5. The molecule has 3 aliphatic rings. The van der Waals surface area contributed by atoms with Gasteiger partial charge in [0.2, 0.25) is 5.91 Å². The molecule has 620 valence electrons. The molecule has 0 spiro atoms. The highest BCUT2D eigenvalue weighted by Gasteiger charge is 2.54. The summed E-state index contributed by atoms with van der Waals surface area (Å²) in [5, 5.41) is 121. The number of aliphatic hydroxyl groups excluding tert-OH is 11. The van der Waals surface area contributed by atoms with Crippen LogP contribution < -0.4 is 5.32 Å². The highest BCUT2D eigenvalue weighted by atomic mass is 16.8. The molecule has 3 saturated heterocycles. The molecule has 0 aromatic heterocycles. The van der Waals surface area contributed by atoms with Gasteiger partial charge in [-0.2, -0.15) is 0 Å². The van der Waals surface area contributed by atoms with Gasteiger partial charge in [-0.25, -0.2) is 0 Å². The molecule has 3 heterocycles. The van der Waals surface area contributed by atoms with Crippen molar-refractivity contribution < 1.29 is 89.4 Å². The van der Waals surface area contributed by atoms with Crippen LogP contribution in [0.2, 0.25) is 0 Å². The molecule has 3 aliphatic heterocycles. The number of unbranched alkanes of at least 4 members (excludes halogenated alkanes) is 54. The topological polar surface area (TPSA) is 307 Å². The van der Waals surface area contributed by atoms with Crippen LogP contribution in [0.1, 0.15) is 386 Å². The fourth-order valence-electron chi connectivity index (χ4n) is 15.2. The Hall–Kier alpha value is -1.73. The molecule has 19 heteroatoms. The summed E-state index contributed by atoms with van der Waals surface area (Å²) < 4.78 is 34.5. The highest BCUT2D eigenvalue weighted by Crippen LogP contribution is 2.34. The number of ether oxygens (including phenoxy) is 6. The first-order chi connectivity index (χ1) is 51.3. The number of aliphatic hydroxyl groups is 11. The summed E-state index contributed by atoms with van der Waals surface area (Å²) in [6, 6.07) is -0.973. The molecule has 0 bridgehead atoms. The summed E-state index contributed by atoms with van der Waals surface area (Å²) in [4.78, 5) is 13.5. The van der Waals surface area contributed by atoms with Crippen LogP contribution in [-0.4, -0.2) is 193 Å². The fraction of sp³-hybridized carbons (Fsp3) is 0.942. The molecule has 1 amide bonds. The predicted molar refractivity (Wildman–Crippen MR) is 420 cm³/mol. The second-order valence-electron chi connectivity index (χ2n) is 31.7. The van der Waals surface area contributed by atoms with Gasteiger partial charge in [-0.05, 0) is 44.9 Å². The Balaban J connectivity index is 1.34. The van der Waals surface area contributed by atoms with Crippen molar-refractivity contribution >= 4 is 5.91 Å². The highest BCUT2D eigenvalue weighted by molar-refractivity contribution is 5.76. The average molecular weight is 1500 g/mol. The number of carbonyl (C=O) groups excluding carboxylic acids is 1. The second-order valence-corrected chi connectivity index (χ2v) is 31.7. The lowest BCUT2D eigenvalue weighted by atomic mass is 9.96. The zero-order valence-electron chi connectivity index (χ0n) is 66.7. The van der Waals surface area contributed by atoms with Gasteiger partial charge in [0.05, 0.1) is 38.6 Å². The average Bonchev–Trinajstić information content (AvgIpc) is 0.781. The summed E-state index contributed by atoms with van der Waals surface area (Å²) in [5.41, 5.74) is 0. The fourth-order valence-corrected chi connectivity index (χ4v) is 15.2. The standard InChI is InChI=1S/C86H163NO18/c1-3-5-7-9-11-13-15-17-19-21-23-25-27-29-31-33-34-36-38-40-42-44-46-48-50-52-54-56-58-60-62-64-74(92)87-69(70(91)63-61-59-57-55-53-51-49-47-45-43-41-39-37-35-32-30-28-26-24-22-20-18-16-14-12-10-8-6-4-2)68-100-84-80(98)77(95)82(72(66-89)102-84)105-86-81(99)78(96)83(73(67-90)103-86)104-85-79(97)76(94)75(93)71(65-88)101-85/h21,23,61,63,69-73,75-86,88-91,93-99H,3-20,22,24-60,62,64-68H2,1-2H3,(H,87,92)/b23-21-,63-61+. The third kappa shape index (κ3) is 46.1. The Bertz CT molecular complexity index is 1990.